The number of cyclic esters (lactones) is 1. The number of nitrogens with zero attached hydrogens (tertiary/aromatic N) is 1. The third-order valence-corrected chi connectivity index (χ3v) is 4.54. The molecule has 9 heteroatoms. The van der Waals surface area contributed by atoms with Crippen molar-refractivity contribution in [3.05, 3.63) is 18.0 Å². The van der Waals surface area contributed by atoms with Crippen LogP contribution < -0.4 is 10.1 Å². The van der Waals surface area contributed by atoms with Gasteiger partial charge >= 0.3 is 5.97 Å². The second-order valence-corrected chi connectivity index (χ2v) is 6.93. The minimum atomic E-state index is -1.02. The summed E-state index contributed by atoms with van der Waals surface area (Å²) in [5.41, 5.74) is -0.244. The summed E-state index contributed by atoms with van der Waals surface area (Å²) < 4.78 is 21.9. The van der Waals surface area contributed by atoms with Crippen molar-refractivity contribution in [3.63, 3.8) is 0 Å². The third-order valence-electron chi connectivity index (χ3n) is 4.54. The fourth-order valence-electron chi connectivity index (χ4n) is 2.94. The second-order valence-electron chi connectivity index (χ2n) is 6.93. The van der Waals surface area contributed by atoms with Crippen LogP contribution in [0.5, 0.6) is 11.5 Å². The van der Waals surface area contributed by atoms with Crippen molar-refractivity contribution in [2.75, 3.05) is 26.9 Å². The lowest BCUT2D eigenvalue weighted by Gasteiger charge is -2.26. The van der Waals surface area contributed by atoms with E-state index in [0.29, 0.717) is 26.1 Å². The largest absolute Gasteiger partial charge is 0.503 e. The molecular weight excluding hydrogens is 380 g/mol. The third kappa shape index (κ3) is 6.86. The first-order valence-corrected chi connectivity index (χ1v) is 9.88. The fraction of sp³-hybridized carbons (Fsp3) is 0.650. The van der Waals surface area contributed by atoms with Crippen molar-refractivity contribution in [1.82, 2.24) is 10.3 Å². The Morgan fingerprint density at radius 3 is 2.97 bits per heavy atom. The van der Waals surface area contributed by atoms with Gasteiger partial charge in [0.25, 0.3) is 5.91 Å². The molecule has 29 heavy (non-hydrogen) atoms. The van der Waals surface area contributed by atoms with Crippen molar-refractivity contribution in [3.8, 4) is 11.5 Å². The molecule has 2 rings (SSSR count). The normalized spacial score (nSPS) is 23.1. The molecule has 0 bridgehead atoms. The summed E-state index contributed by atoms with van der Waals surface area (Å²) in [5, 5.41) is 12.6. The molecule has 1 saturated heterocycles. The Kier molecular flexibility index (Phi) is 9.14. The first-order chi connectivity index (χ1) is 14.0. The number of esters is 1. The average molecular weight is 410 g/mol. The van der Waals surface area contributed by atoms with Crippen LogP contribution in [0.25, 0.3) is 0 Å². The lowest BCUT2D eigenvalue weighted by atomic mass is 10.1. The van der Waals surface area contributed by atoms with Gasteiger partial charge in [0, 0.05) is 31.9 Å². The number of hydrogen-bond acceptors (Lipinski definition) is 8. The number of amides is 1. The van der Waals surface area contributed by atoms with Gasteiger partial charge < -0.3 is 29.4 Å². The molecule has 2 heterocycles. The number of aromatic nitrogens is 1. The Morgan fingerprint density at radius 2 is 2.24 bits per heavy atom. The molecule has 2 N–H and O–H groups in total. The molecule has 0 aliphatic carbocycles. The summed E-state index contributed by atoms with van der Waals surface area (Å²) >= 11 is 0. The number of ether oxygens (including phenoxy) is 4. The number of pyridine rings is 1. The van der Waals surface area contributed by atoms with Gasteiger partial charge in [-0.3, -0.25) is 4.79 Å². The monoisotopic (exact) mass is 410 g/mol. The van der Waals surface area contributed by atoms with Gasteiger partial charge in [-0.15, -0.1) is 0 Å². The lowest BCUT2D eigenvalue weighted by molar-refractivity contribution is -0.155. The Hall–Kier alpha value is -2.39. The van der Waals surface area contributed by atoms with Crippen molar-refractivity contribution in [1.29, 1.82) is 0 Å². The number of hydrogen-bond donors (Lipinski definition) is 2. The van der Waals surface area contributed by atoms with E-state index in [-0.39, 0.29) is 30.3 Å². The zero-order valence-corrected chi connectivity index (χ0v) is 17.2. The highest BCUT2D eigenvalue weighted by molar-refractivity contribution is 5.98. The number of nitrogens with one attached hydrogen (secondary N) is 1. The number of carbonyl (C=O) groups excluding carboxylic acids is 2. The minimum absolute atomic E-state index is 0.0478. The van der Waals surface area contributed by atoms with E-state index in [1.54, 1.807) is 6.92 Å². The summed E-state index contributed by atoms with van der Waals surface area (Å²) in [4.78, 5) is 28.9. The number of methoxy groups -OCH3 is 1. The Balaban J connectivity index is 2.00. The summed E-state index contributed by atoms with van der Waals surface area (Å²) in [5.74, 6) is -1.63. The summed E-state index contributed by atoms with van der Waals surface area (Å²) in [7, 11) is 1.36. The van der Waals surface area contributed by atoms with Crippen molar-refractivity contribution in [2.45, 2.75) is 57.8 Å². The predicted octanol–water partition coefficient (Wildman–Crippen LogP) is 1.82. The maximum absolute atomic E-state index is 12.5. The summed E-state index contributed by atoms with van der Waals surface area (Å²) in [6.45, 7) is 4.90. The Labute approximate surface area is 170 Å². The van der Waals surface area contributed by atoms with E-state index in [9.17, 15) is 14.7 Å². The summed E-state index contributed by atoms with van der Waals surface area (Å²) in [6.07, 6.45) is 4.17. The van der Waals surface area contributed by atoms with Crippen LogP contribution in [0, 0.1) is 0 Å². The standard InChI is InChI=1S/C20H30N2O7/c1-4-5-9-28-14-7-10-27-12-15(20(25)29-13(2)11-14)22-19(24)17-18(23)16(26-3)6-8-21-17/h6,8,13-15,23H,4-5,7,9-12H2,1-3H3,(H,22,24)/t13?,14?,15-/m0/s1. The van der Waals surface area contributed by atoms with E-state index in [1.165, 1.54) is 19.4 Å². The fourth-order valence-corrected chi connectivity index (χ4v) is 2.94. The van der Waals surface area contributed by atoms with Gasteiger partial charge in [-0.1, -0.05) is 13.3 Å². The molecule has 1 amide bonds. The quantitative estimate of drug-likeness (QED) is 0.517. The molecule has 0 radical (unpaired) electrons. The molecule has 1 aromatic heterocycles. The molecule has 162 valence electrons. The van der Waals surface area contributed by atoms with E-state index in [4.69, 9.17) is 18.9 Å². The molecule has 3 atom stereocenters. The molecular formula is C20H30N2O7. The zero-order valence-electron chi connectivity index (χ0n) is 17.2. The minimum Gasteiger partial charge on any atom is -0.503 e. The lowest BCUT2D eigenvalue weighted by Crippen LogP contribution is -2.47. The maximum Gasteiger partial charge on any atom is 0.331 e. The van der Waals surface area contributed by atoms with Gasteiger partial charge in [0.15, 0.2) is 23.2 Å². The van der Waals surface area contributed by atoms with Crippen LogP contribution in [0.15, 0.2) is 12.3 Å². The van der Waals surface area contributed by atoms with E-state index >= 15 is 0 Å². The number of carbonyl (C=O) groups is 2. The molecule has 1 aliphatic rings. The van der Waals surface area contributed by atoms with Gasteiger partial charge in [-0.05, 0) is 19.8 Å². The van der Waals surface area contributed by atoms with Crippen LogP contribution in [0.2, 0.25) is 0 Å². The molecule has 1 aromatic rings. The van der Waals surface area contributed by atoms with Crippen molar-refractivity contribution < 1.29 is 33.6 Å². The molecule has 2 unspecified atom stereocenters. The molecule has 1 fully saturated rings. The highest BCUT2D eigenvalue weighted by Gasteiger charge is 2.29. The molecule has 9 nitrogen and oxygen atoms in total. The average Bonchev–Trinajstić information content (AvgIpc) is 2.69. The van der Waals surface area contributed by atoms with Crippen LogP contribution in [-0.4, -0.2) is 67.1 Å². The first kappa shape index (κ1) is 22.9. The van der Waals surface area contributed by atoms with Gasteiger partial charge in [0.1, 0.15) is 6.10 Å². The summed E-state index contributed by atoms with van der Waals surface area (Å²) in [6, 6.07) is 0.406. The van der Waals surface area contributed by atoms with Crippen LogP contribution in [0.1, 0.15) is 50.0 Å². The van der Waals surface area contributed by atoms with Crippen LogP contribution >= 0.6 is 0 Å². The van der Waals surface area contributed by atoms with E-state index < -0.39 is 23.7 Å². The van der Waals surface area contributed by atoms with Crippen molar-refractivity contribution >= 4 is 11.9 Å². The van der Waals surface area contributed by atoms with E-state index in [0.717, 1.165) is 12.8 Å². The van der Waals surface area contributed by atoms with Gasteiger partial charge in [0.2, 0.25) is 0 Å². The molecule has 0 saturated carbocycles. The van der Waals surface area contributed by atoms with Crippen LogP contribution in [0.3, 0.4) is 0 Å². The SMILES string of the molecule is CCCCOC1CCOC[C@H](NC(=O)c2nccc(OC)c2O)C(=O)OC(C)C1. The van der Waals surface area contributed by atoms with Gasteiger partial charge in [-0.2, -0.15) is 0 Å². The van der Waals surface area contributed by atoms with Crippen LogP contribution in [0.4, 0.5) is 0 Å². The van der Waals surface area contributed by atoms with Gasteiger partial charge in [0.05, 0.1) is 19.8 Å². The van der Waals surface area contributed by atoms with Gasteiger partial charge in [-0.25, -0.2) is 9.78 Å². The zero-order chi connectivity index (χ0) is 21.2. The van der Waals surface area contributed by atoms with E-state index in [2.05, 4.69) is 17.2 Å². The number of aromatic hydroxyl groups is 1. The van der Waals surface area contributed by atoms with E-state index in [1.807, 2.05) is 0 Å². The molecule has 1 aliphatic heterocycles. The Bertz CT molecular complexity index is 683. The topological polar surface area (TPSA) is 116 Å². The number of unbranched alkanes of at least 4 members (excludes halogenated alkanes) is 1. The first-order valence-electron chi connectivity index (χ1n) is 9.88. The molecule has 0 spiro atoms. The van der Waals surface area contributed by atoms with Crippen LogP contribution in [-0.2, 0) is 19.0 Å². The Morgan fingerprint density at radius 1 is 1.45 bits per heavy atom. The highest BCUT2D eigenvalue weighted by atomic mass is 16.6. The predicted molar refractivity (Wildman–Crippen MR) is 104 cm³/mol. The highest BCUT2D eigenvalue weighted by Crippen LogP contribution is 2.27. The maximum atomic E-state index is 12.5. The number of rotatable bonds is 7. The second kappa shape index (κ2) is 11.6. The molecule has 0 aromatic carbocycles. The van der Waals surface area contributed by atoms with Crippen molar-refractivity contribution in [2.24, 2.45) is 0 Å². The smallest absolute Gasteiger partial charge is 0.331 e.